The van der Waals surface area contributed by atoms with Crippen LogP contribution in [-0.2, 0) is 6.42 Å². The number of nitrogens with one attached hydrogen (secondary N) is 2. The van der Waals surface area contributed by atoms with Gasteiger partial charge in [-0.25, -0.2) is 4.79 Å². The topological polar surface area (TPSA) is 64.6 Å². The molecule has 1 saturated carbocycles. The summed E-state index contributed by atoms with van der Waals surface area (Å²) < 4.78 is 0. The van der Waals surface area contributed by atoms with E-state index >= 15 is 0 Å². The summed E-state index contributed by atoms with van der Waals surface area (Å²) in [5.41, 5.74) is 3.35. The molecule has 0 radical (unpaired) electrons. The molecule has 1 fully saturated rings. The molecule has 1 aliphatic heterocycles. The molecular formula is C17H25N3O2. The number of carbonyl (C=O) groups is 1. The molecule has 5 heteroatoms. The number of amides is 2. The van der Waals surface area contributed by atoms with Gasteiger partial charge >= 0.3 is 6.03 Å². The van der Waals surface area contributed by atoms with Gasteiger partial charge in [0, 0.05) is 43.5 Å². The van der Waals surface area contributed by atoms with Crippen molar-refractivity contribution in [2.75, 3.05) is 30.4 Å². The monoisotopic (exact) mass is 303 g/mol. The molecule has 22 heavy (non-hydrogen) atoms. The van der Waals surface area contributed by atoms with E-state index < -0.39 is 0 Å². The van der Waals surface area contributed by atoms with E-state index in [4.69, 9.17) is 0 Å². The lowest BCUT2D eigenvalue weighted by molar-refractivity contribution is 0.156. The Morgan fingerprint density at radius 3 is 3.00 bits per heavy atom. The predicted octanol–water partition coefficient (Wildman–Crippen LogP) is 2.35. The number of hydrogen-bond acceptors (Lipinski definition) is 3. The molecule has 5 nitrogen and oxygen atoms in total. The van der Waals surface area contributed by atoms with Crippen LogP contribution in [0.5, 0.6) is 0 Å². The fraction of sp³-hybridized carbons (Fsp3) is 0.588. The van der Waals surface area contributed by atoms with E-state index in [-0.39, 0.29) is 24.6 Å². The van der Waals surface area contributed by atoms with Crippen molar-refractivity contribution in [2.45, 2.75) is 38.1 Å². The summed E-state index contributed by atoms with van der Waals surface area (Å²) in [4.78, 5) is 14.4. The lowest BCUT2D eigenvalue weighted by atomic mass is 9.85. The maximum atomic E-state index is 12.2. The molecule has 2 unspecified atom stereocenters. The van der Waals surface area contributed by atoms with Gasteiger partial charge < -0.3 is 20.6 Å². The normalized spacial score (nSPS) is 24.0. The Kier molecular flexibility index (Phi) is 4.52. The van der Waals surface area contributed by atoms with Gasteiger partial charge in [-0.1, -0.05) is 18.9 Å². The van der Waals surface area contributed by atoms with Crippen molar-refractivity contribution in [3.63, 3.8) is 0 Å². The first-order valence-electron chi connectivity index (χ1n) is 8.20. The second-order valence-electron chi connectivity index (χ2n) is 6.45. The lowest BCUT2D eigenvalue weighted by Gasteiger charge is -2.30. The SMILES string of the molecule is CN1CCc2ccc(NC(=O)NC3CCCCC3CO)cc21. The third-order valence-corrected chi connectivity index (χ3v) is 4.93. The second kappa shape index (κ2) is 6.57. The van der Waals surface area contributed by atoms with Gasteiger partial charge in [0.15, 0.2) is 0 Å². The fourth-order valence-corrected chi connectivity index (χ4v) is 3.57. The van der Waals surface area contributed by atoms with Crippen molar-refractivity contribution in [3.8, 4) is 0 Å². The zero-order valence-corrected chi connectivity index (χ0v) is 13.1. The molecule has 2 amide bonds. The number of rotatable bonds is 3. The number of aliphatic hydroxyl groups excluding tert-OH is 1. The van der Waals surface area contributed by atoms with Gasteiger partial charge in [-0.3, -0.25) is 0 Å². The van der Waals surface area contributed by atoms with E-state index in [0.29, 0.717) is 0 Å². The number of carbonyl (C=O) groups excluding carboxylic acids is 1. The molecule has 2 atom stereocenters. The maximum absolute atomic E-state index is 12.2. The van der Waals surface area contributed by atoms with Gasteiger partial charge in [-0.05, 0) is 37.0 Å². The number of aliphatic hydroxyl groups is 1. The van der Waals surface area contributed by atoms with Gasteiger partial charge in [-0.2, -0.15) is 0 Å². The number of nitrogens with zero attached hydrogens (tertiary/aromatic N) is 1. The Bertz CT molecular complexity index is 547. The molecule has 120 valence electrons. The zero-order chi connectivity index (χ0) is 15.5. The van der Waals surface area contributed by atoms with Crippen LogP contribution < -0.4 is 15.5 Å². The van der Waals surface area contributed by atoms with Crippen LogP contribution in [0.25, 0.3) is 0 Å². The highest BCUT2D eigenvalue weighted by Gasteiger charge is 2.26. The van der Waals surface area contributed by atoms with Crippen LogP contribution in [0.3, 0.4) is 0 Å². The van der Waals surface area contributed by atoms with Crippen molar-refractivity contribution >= 4 is 17.4 Å². The second-order valence-corrected chi connectivity index (χ2v) is 6.45. The molecule has 1 aromatic carbocycles. The van der Waals surface area contributed by atoms with E-state index in [1.807, 2.05) is 12.1 Å². The summed E-state index contributed by atoms with van der Waals surface area (Å²) in [7, 11) is 2.07. The van der Waals surface area contributed by atoms with Crippen molar-refractivity contribution in [3.05, 3.63) is 23.8 Å². The third kappa shape index (κ3) is 3.19. The molecule has 0 aromatic heterocycles. The summed E-state index contributed by atoms with van der Waals surface area (Å²) in [6.07, 6.45) is 5.27. The van der Waals surface area contributed by atoms with Crippen LogP contribution >= 0.6 is 0 Å². The number of hydrogen-bond donors (Lipinski definition) is 3. The highest BCUT2D eigenvalue weighted by atomic mass is 16.3. The minimum atomic E-state index is -0.175. The predicted molar refractivity (Wildman–Crippen MR) is 88.4 cm³/mol. The highest BCUT2D eigenvalue weighted by Crippen LogP contribution is 2.29. The van der Waals surface area contributed by atoms with Crippen molar-refractivity contribution in [1.29, 1.82) is 0 Å². The van der Waals surface area contributed by atoms with E-state index in [0.717, 1.165) is 44.3 Å². The fourth-order valence-electron chi connectivity index (χ4n) is 3.57. The molecular weight excluding hydrogens is 278 g/mol. The van der Waals surface area contributed by atoms with Gasteiger partial charge in [0.2, 0.25) is 0 Å². The minimum Gasteiger partial charge on any atom is -0.396 e. The summed E-state index contributed by atoms with van der Waals surface area (Å²) in [5.74, 6) is 0.186. The Morgan fingerprint density at radius 1 is 1.36 bits per heavy atom. The summed E-state index contributed by atoms with van der Waals surface area (Å²) in [6.45, 7) is 1.18. The van der Waals surface area contributed by atoms with Crippen LogP contribution in [0.2, 0.25) is 0 Å². The van der Waals surface area contributed by atoms with E-state index in [9.17, 15) is 9.90 Å². The van der Waals surface area contributed by atoms with Gasteiger partial charge in [-0.15, -0.1) is 0 Å². The average Bonchev–Trinajstić information content (AvgIpc) is 2.89. The zero-order valence-electron chi connectivity index (χ0n) is 13.1. The molecule has 0 spiro atoms. The number of benzene rings is 1. The van der Waals surface area contributed by atoms with Crippen molar-refractivity contribution < 1.29 is 9.90 Å². The number of urea groups is 1. The van der Waals surface area contributed by atoms with Gasteiger partial charge in [0.05, 0.1) is 0 Å². The molecule has 1 heterocycles. The van der Waals surface area contributed by atoms with Gasteiger partial charge in [0.1, 0.15) is 0 Å². The highest BCUT2D eigenvalue weighted by molar-refractivity contribution is 5.90. The molecule has 0 bridgehead atoms. The first-order chi connectivity index (χ1) is 10.7. The van der Waals surface area contributed by atoms with Crippen LogP contribution in [0.15, 0.2) is 18.2 Å². The lowest BCUT2D eigenvalue weighted by Crippen LogP contribution is -2.45. The van der Waals surface area contributed by atoms with Crippen LogP contribution in [0.1, 0.15) is 31.2 Å². The average molecular weight is 303 g/mol. The Labute approximate surface area is 131 Å². The summed E-state index contributed by atoms with van der Waals surface area (Å²) in [5, 5.41) is 15.4. The van der Waals surface area contributed by atoms with E-state index in [1.165, 1.54) is 11.3 Å². The summed E-state index contributed by atoms with van der Waals surface area (Å²) in [6, 6.07) is 5.99. The third-order valence-electron chi connectivity index (χ3n) is 4.93. The number of likely N-dealkylation sites (N-methyl/N-ethyl adjacent to an activating group) is 1. The minimum absolute atomic E-state index is 0.0795. The van der Waals surface area contributed by atoms with Crippen molar-refractivity contribution in [2.24, 2.45) is 5.92 Å². The molecule has 1 aliphatic carbocycles. The maximum Gasteiger partial charge on any atom is 0.319 e. The molecule has 3 N–H and O–H groups in total. The van der Waals surface area contributed by atoms with Gasteiger partial charge in [0.25, 0.3) is 0 Å². The van der Waals surface area contributed by atoms with E-state index in [1.54, 1.807) is 0 Å². The Balaban J connectivity index is 1.61. The smallest absolute Gasteiger partial charge is 0.319 e. The number of anilines is 2. The molecule has 0 saturated heterocycles. The van der Waals surface area contributed by atoms with Crippen molar-refractivity contribution in [1.82, 2.24) is 5.32 Å². The largest absolute Gasteiger partial charge is 0.396 e. The molecule has 3 rings (SSSR count). The standard InChI is InChI=1S/C17H25N3O2/c1-20-9-8-12-6-7-14(10-16(12)20)18-17(22)19-15-5-3-2-4-13(15)11-21/h6-7,10,13,15,21H,2-5,8-9,11H2,1H3,(H2,18,19,22). The molecule has 2 aliphatic rings. The van der Waals surface area contributed by atoms with E-state index in [2.05, 4.69) is 28.6 Å². The Morgan fingerprint density at radius 2 is 2.18 bits per heavy atom. The summed E-state index contributed by atoms with van der Waals surface area (Å²) >= 11 is 0. The Hall–Kier alpha value is -1.75. The van der Waals surface area contributed by atoms with Crippen LogP contribution in [0, 0.1) is 5.92 Å². The van der Waals surface area contributed by atoms with Crippen LogP contribution in [0.4, 0.5) is 16.2 Å². The number of fused-ring (bicyclic) bond motifs is 1. The first-order valence-corrected chi connectivity index (χ1v) is 8.20. The van der Waals surface area contributed by atoms with Crippen LogP contribution in [-0.4, -0.2) is 37.4 Å². The first kappa shape index (κ1) is 15.2. The molecule has 1 aromatic rings. The quantitative estimate of drug-likeness (QED) is 0.803.